The summed E-state index contributed by atoms with van der Waals surface area (Å²) in [6.45, 7) is 2.27. The second-order valence-corrected chi connectivity index (χ2v) is 4.75. The van der Waals surface area contributed by atoms with Crippen molar-refractivity contribution in [3.8, 4) is 0 Å². The van der Waals surface area contributed by atoms with Crippen molar-refractivity contribution >= 4 is 6.08 Å². The summed E-state index contributed by atoms with van der Waals surface area (Å²) in [7, 11) is 0. The Balaban J connectivity index is 1.93. The van der Waals surface area contributed by atoms with Gasteiger partial charge in [-0.1, -0.05) is 79.8 Å². The van der Waals surface area contributed by atoms with Crippen LogP contribution in [0, 0.1) is 5.92 Å². The lowest BCUT2D eigenvalue weighted by Gasteiger charge is -1.97. The molecule has 1 atom stereocenters. The van der Waals surface area contributed by atoms with E-state index in [1.54, 1.807) is 0 Å². The second-order valence-electron chi connectivity index (χ2n) is 4.75. The van der Waals surface area contributed by atoms with Crippen molar-refractivity contribution in [2.24, 2.45) is 5.92 Å². The van der Waals surface area contributed by atoms with E-state index in [9.17, 15) is 0 Å². The molecule has 0 spiro atoms. The van der Waals surface area contributed by atoms with Crippen LogP contribution in [0.25, 0.3) is 6.08 Å². The zero-order valence-corrected chi connectivity index (χ0v) is 10.9. The molecule has 0 heterocycles. The molecule has 1 aromatic carbocycles. The molecule has 1 aliphatic carbocycles. The van der Waals surface area contributed by atoms with Crippen molar-refractivity contribution in [1.29, 1.82) is 0 Å². The topological polar surface area (TPSA) is 0 Å². The van der Waals surface area contributed by atoms with Gasteiger partial charge in [0.05, 0.1) is 0 Å². The molecule has 0 aliphatic heterocycles. The maximum atomic E-state index is 2.31. The van der Waals surface area contributed by atoms with Gasteiger partial charge in [-0.15, -0.1) is 0 Å². The molecule has 0 saturated heterocycles. The van der Waals surface area contributed by atoms with E-state index in [0.29, 0.717) is 5.92 Å². The van der Waals surface area contributed by atoms with E-state index < -0.39 is 0 Å². The zero-order valence-electron chi connectivity index (χ0n) is 10.9. The first-order valence-electron chi connectivity index (χ1n) is 6.63. The average molecular weight is 236 g/mol. The summed E-state index contributed by atoms with van der Waals surface area (Å²) in [5.41, 5.74) is 2.55. The minimum absolute atomic E-state index is 0.701. The Morgan fingerprint density at radius 3 is 2.67 bits per heavy atom. The molecule has 0 saturated carbocycles. The molecular weight excluding hydrogens is 216 g/mol. The molecule has 92 valence electrons. The molecule has 0 fully saturated rings. The Bertz CT molecular complexity index is 472. The van der Waals surface area contributed by atoms with Crippen LogP contribution >= 0.6 is 0 Å². The average Bonchev–Trinajstić information content (AvgIpc) is 2.61. The van der Waals surface area contributed by atoms with Crippen LogP contribution in [-0.4, -0.2) is 0 Å². The van der Waals surface area contributed by atoms with Crippen LogP contribution in [0.5, 0.6) is 0 Å². The van der Waals surface area contributed by atoms with E-state index in [1.807, 2.05) is 6.07 Å². The highest BCUT2D eigenvalue weighted by atomic mass is 14.0. The highest BCUT2D eigenvalue weighted by molar-refractivity contribution is 5.51. The normalized spacial score (nSPS) is 20.3. The molecule has 0 nitrogen and oxygen atoms in total. The summed E-state index contributed by atoms with van der Waals surface area (Å²) in [4.78, 5) is 0. The quantitative estimate of drug-likeness (QED) is 0.635. The first kappa shape index (κ1) is 12.6. The number of hydrogen-bond donors (Lipinski definition) is 0. The van der Waals surface area contributed by atoms with Crippen LogP contribution in [0.15, 0.2) is 72.4 Å². The summed E-state index contributed by atoms with van der Waals surface area (Å²) in [5, 5.41) is 0. The van der Waals surface area contributed by atoms with Gasteiger partial charge in [0, 0.05) is 0 Å². The van der Waals surface area contributed by atoms with Crippen molar-refractivity contribution in [2.75, 3.05) is 0 Å². The van der Waals surface area contributed by atoms with Crippen molar-refractivity contribution in [3.05, 3.63) is 77.9 Å². The van der Waals surface area contributed by atoms with Crippen molar-refractivity contribution < 1.29 is 0 Å². The van der Waals surface area contributed by atoms with Gasteiger partial charge in [0.2, 0.25) is 0 Å². The largest absolute Gasteiger partial charge is 0.0811 e. The SMILES string of the molecule is CC1C=CC(/C=C/C=C\c2ccccc2)=CCC1. The molecule has 1 aromatic rings. The van der Waals surface area contributed by atoms with E-state index in [4.69, 9.17) is 0 Å². The van der Waals surface area contributed by atoms with Gasteiger partial charge in [0.25, 0.3) is 0 Å². The van der Waals surface area contributed by atoms with Gasteiger partial charge in [-0.25, -0.2) is 0 Å². The Morgan fingerprint density at radius 1 is 1.06 bits per heavy atom. The first-order valence-corrected chi connectivity index (χ1v) is 6.63. The van der Waals surface area contributed by atoms with Crippen molar-refractivity contribution in [2.45, 2.75) is 19.8 Å². The third-order valence-electron chi connectivity index (χ3n) is 3.11. The molecule has 0 amide bonds. The van der Waals surface area contributed by atoms with Gasteiger partial charge in [-0.05, 0) is 29.9 Å². The lowest BCUT2D eigenvalue weighted by atomic mass is 10.1. The fourth-order valence-electron chi connectivity index (χ4n) is 1.97. The summed E-state index contributed by atoms with van der Waals surface area (Å²) in [6.07, 6.45) is 17.8. The minimum Gasteiger partial charge on any atom is -0.0811 e. The Morgan fingerprint density at radius 2 is 1.83 bits per heavy atom. The Kier molecular flexibility index (Phi) is 4.78. The highest BCUT2D eigenvalue weighted by Crippen LogP contribution is 2.16. The van der Waals surface area contributed by atoms with E-state index in [-0.39, 0.29) is 0 Å². The monoisotopic (exact) mass is 236 g/mol. The summed E-state index contributed by atoms with van der Waals surface area (Å²) in [5.74, 6) is 0.701. The van der Waals surface area contributed by atoms with Gasteiger partial charge < -0.3 is 0 Å². The van der Waals surface area contributed by atoms with E-state index in [2.05, 4.69) is 73.7 Å². The molecule has 2 rings (SSSR count). The number of hydrogen-bond acceptors (Lipinski definition) is 0. The highest BCUT2D eigenvalue weighted by Gasteiger charge is 1.99. The minimum atomic E-state index is 0.701. The molecule has 0 heteroatoms. The summed E-state index contributed by atoms with van der Waals surface area (Å²) in [6, 6.07) is 10.4. The van der Waals surface area contributed by atoms with Crippen molar-refractivity contribution in [3.63, 3.8) is 0 Å². The number of benzene rings is 1. The second kappa shape index (κ2) is 6.80. The third kappa shape index (κ3) is 4.21. The first-order chi connectivity index (χ1) is 8.84. The van der Waals surface area contributed by atoms with Crippen molar-refractivity contribution in [1.82, 2.24) is 0 Å². The van der Waals surface area contributed by atoms with E-state index in [1.165, 1.54) is 24.0 Å². The Labute approximate surface area is 110 Å². The Hall–Kier alpha value is -1.82. The number of rotatable bonds is 3. The molecule has 0 radical (unpaired) electrons. The molecule has 0 aromatic heterocycles. The molecule has 0 N–H and O–H groups in total. The molecule has 1 unspecified atom stereocenters. The van der Waals surface area contributed by atoms with Gasteiger partial charge in [0.1, 0.15) is 0 Å². The summed E-state index contributed by atoms with van der Waals surface area (Å²) < 4.78 is 0. The van der Waals surface area contributed by atoms with Gasteiger partial charge in [-0.2, -0.15) is 0 Å². The van der Waals surface area contributed by atoms with Crippen LogP contribution in [0.3, 0.4) is 0 Å². The van der Waals surface area contributed by atoms with E-state index in [0.717, 1.165) is 0 Å². The van der Waals surface area contributed by atoms with Gasteiger partial charge in [-0.3, -0.25) is 0 Å². The maximum absolute atomic E-state index is 2.31. The van der Waals surface area contributed by atoms with Crippen LogP contribution in [0.4, 0.5) is 0 Å². The van der Waals surface area contributed by atoms with Crippen LogP contribution in [0.1, 0.15) is 25.3 Å². The van der Waals surface area contributed by atoms with E-state index >= 15 is 0 Å². The summed E-state index contributed by atoms with van der Waals surface area (Å²) >= 11 is 0. The predicted molar refractivity (Wildman–Crippen MR) is 80.2 cm³/mol. The third-order valence-corrected chi connectivity index (χ3v) is 3.11. The lowest BCUT2D eigenvalue weighted by molar-refractivity contribution is 0.662. The molecule has 18 heavy (non-hydrogen) atoms. The standard InChI is InChI=1S/C18H20/c1-16-8-7-13-18(15-14-16)12-6-5-11-17-9-3-2-4-10-17/h2-6,9-16H,7-8H2,1H3/b11-5-,12-6+. The maximum Gasteiger partial charge on any atom is -0.0256 e. The zero-order chi connectivity index (χ0) is 12.6. The van der Waals surface area contributed by atoms with Crippen LogP contribution in [-0.2, 0) is 0 Å². The van der Waals surface area contributed by atoms with Crippen LogP contribution < -0.4 is 0 Å². The molecule has 1 aliphatic rings. The predicted octanol–water partition coefficient (Wildman–Crippen LogP) is 5.17. The fraction of sp³-hybridized carbons (Fsp3) is 0.222. The molecular formula is C18H20. The fourth-order valence-corrected chi connectivity index (χ4v) is 1.97. The van der Waals surface area contributed by atoms with Gasteiger partial charge >= 0.3 is 0 Å². The lowest BCUT2D eigenvalue weighted by Crippen LogP contribution is -1.84. The van der Waals surface area contributed by atoms with Crippen LogP contribution in [0.2, 0.25) is 0 Å². The molecule has 0 bridgehead atoms. The van der Waals surface area contributed by atoms with Gasteiger partial charge in [0.15, 0.2) is 0 Å². The smallest absolute Gasteiger partial charge is 0.0256 e. The number of allylic oxidation sites excluding steroid dienone is 7.